The maximum Gasteiger partial charge on any atom is 0.321 e. The molecule has 1 fully saturated rings. The SMILES string of the molecule is CCC1(C(=O)O)CCN(C(=O)Nc2cccc(OC)c2)C1. The van der Waals surface area contributed by atoms with Crippen molar-refractivity contribution < 1.29 is 19.4 Å². The smallest absolute Gasteiger partial charge is 0.321 e. The van der Waals surface area contributed by atoms with Crippen molar-refractivity contribution in [2.24, 2.45) is 5.41 Å². The molecule has 1 aromatic carbocycles. The van der Waals surface area contributed by atoms with E-state index in [0.29, 0.717) is 30.8 Å². The third kappa shape index (κ3) is 3.09. The number of benzene rings is 1. The van der Waals surface area contributed by atoms with Crippen molar-refractivity contribution in [1.82, 2.24) is 4.90 Å². The molecule has 6 heteroatoms. The van der Waals surface area contributed by atoms with Crippen LogP contribution in [0.1, 0.15) is 19.8 Å². The number of carboxylic acids is 1. The van der Waals surface area contributed by atoms with E-state index in [-0.39, 0.29) is 12.6 Å². The number of nitrogens with one attached hydrogen (secondary N) is 1. The first kappa shape index (κ1) is 15.2. The van der Waals surface area contributed by atoms with Crippen molar-refractivity contribution in [2.75, 3.05) is 25.5 Å². The number of rotatable bonds is 4. The molecule has 0 aromatic heterocycles. The Hall–Kier alpha value is -2.24. The number of methoxy groups -OCH3 is 1. The van der Waals surface area contributed by atoms with E-state index in [2.05, 4.69) is 5.32 Å². The van der Waals surface area contributed by atoms with E-state index < -0.39 is 11.4 Å². The number of anilines is 1. The van der Waals surface area contributed by atoms with Gasteiger partial charge in [0.05, 0.1) is 12.5 Å². The minimum Gasteiger partial charge on any atom is -0.497 e. The third-order valence-corrected chi connectivity index (χ3v) is 4.09. The van der Waals surface area contributed by atoms with Crippen molar-refractivity contribution >= 4 is 17.7 Å². The standard InChI is InChI=1S/C15H20N2O4/c1-3-15(13(18)19)7-8-17(10-15)14(20)16-11-5-4-6-12(9-11)21-2/h4-6,9H,3,7-8,10H2,1-2H3,(H,16,20)(H,18,19). The van der Waals surface area contributed by atoms with Crippen LogP contribution in [-0.2, 0) is 4.79 Å². The summed E-state index contributed by atoms with van der Waals surface area (Å²) < 4.78 is 5.10. The maximum atomic E-state index is 12.2. The van der Waals surface area contributed by atoms with Gasteiger partial charge in [0.25, 0.3) is 0 Å². The van der Waals surface area contributed by atoms with Crippen molar-refractivity contribution in [3.8, 4) is 5.75 Å². The molecule has 0 bridgehead atoms. The predicted octanol–water partition coefficient (Wildman–Crippen LogP) is 2.41. The van der Waals surface area contributed by atoms with Crippen LogP contribution in [0.15, 0.2) is 24.3 Å². The normalized spacial score (nSPS) is 21.1. The lowest BCUT2D eigenvalue weighted by atomic mass is 9.84. The molecular formula is C15H20N2O4. The summed E-state index contributed by atoms with van der Waals surface area (Å²) in [7, 11) is 1.56. The van der Waals surface area contributed by atoms with Gasteiger partial charge in [0.15, 0.2) is 0 Å². The highest BCUT2D eigenvalue weighted by atomic mass is 16.5. The minimum atomic E-state index is -0.832. The number of aliphatic carboxylic acids is 1. The Labute approximate surface area is 123 Å². The lowest BCUT2D eigenvalue weighted by Gasteiger charge is -2.23. The molecule has 0 aliphatic carbocycles. The van der Waals surface area contributed by atoms with Crippen LogP contribution in [0, 0.1) is 5.41 Å². The van der Waals surface area contributed by atoms with Crippen molar-refractivity contribution in [3.63, 3.8) is 0 Å². The molecule has 0 saturated carbocycles. The first-order valence-electron chi connectivity index (χ1n) is 6.94. The number of carbonyl (C=O) groups excluding carboxylic acids is 1. The van der Waals surface area contributed by atoms with Crippen LogP contribution < -0.4 is 10.1 Å². The number of hydrogen-bond donors (Lipinski definition) is 2. The van der Waals surface area contributed by atoms with E-state index in [0.717, 1.165) is 0 Å². The molecule has 2 amide bonds. The van der Waals surface area contributed by atoms with Crippen LogP contribution in [-0.4, -0.2) is 42.2 Å². The predicted molar refractivity (Wildman–Crippen MR) is 78.6 cm³/mol. The fraction of sp³-hybridized carbons (Fsp3) is 0.467. The molecule has 1 saturated heterocycles. The first-order chi connectivity index (χ1) is 10.0. The van der Waals surface area contributed by atoms with E-state index in [1.807, 2.05) is 6.92 Å². The van der Waals surface area contributed by atoms with Crippen LogP contribution in [0.3, 0.4) is 0 Å². The largest absolute Gasteiger partial charge is 0.497 e. The average molecular weight is 292 g/mol. The molecule has 1 aromatic rings. The fourth-order valence-corrected chi connectivity index (χ4v) is 2.56. The molecule has 1 unspecified atom stereocenters. The van der Waals surface area contributed by atoms with Crippen LogP contribution in [0.2, 0.25) is 0 Å². The third-order valence-electron chi connectivity index (χ3n) is 4.09. The number of carbonyl (C=O) groups is 2. The summed E-state index contributed by atoms with van der Waals surface area (Å²) in [4.78, 5) is 25.2. The van der Waals surface area contributed by atoms with Gasteiger partial charge in [-0.3, -0.25) is 4.79 Å². The maximum absolute atomic E-state index is 12.2. The Morgan fingerprint density at radius 3 is 2.81 bits per heavy atom. The second kappa shape index (κ2) is 6.03. The number of likely N-dealkylation sites (tertiary alicyclic amines) is 1. The van der Waals surface area contributed by atoms with Gasteiger partial charge in [0.2, 0.25) is 0 Å². The van der Waals surface area contributed by atoms with Gasteiger partial charge in [0, 0.05) is 24.8 Å². The van der Waals surface area contributed by atoms with Crippen LogP contribution in [0.25, 0.3) is 0 Å². The number of nitrogens with zero attached hydrogens (tertiary/aromatic N) is 1. The monoisotopic (exact) mass is 292 g/mol. The van der Waals surface area contributed by atoms with Gasteiger partial charge in [-0.1, -0.05) is 13.0 Å². The molecule has 2 N–H and O–H groups in total. The van der Waals surface area contributed by atoms with Crippen molar-refractivity contribution in [3.05, 3.63) is 24.3 Å². The zero-order chi connectivity index (χ0) is 15.5. The molecule has 6 nitrogen and oxygen atoms in total. The Balaban J connectivity index is 2.03. The summed E-state index contributed by atoms with van der Waals surface area (Å²) >= 11 is 0. The zero-order valence-electron chi connectivity index (χ0n) is 12.3. The van der Waals surface area contributed by atoms with Crippen molar-refractivity contribution in [1.29, 1.82) is 0 Å². The molecule has 21 heavy (non-hydrogen) atoms. The summed E-state index contributed by atoms with van der Waals surface area (Å²) in [5, 5.41) is 12.1. The van der Waals surface area contributed by atoms with Crippen molar-refractivity contribution in [2.45, 2.75) is 19.8 Å². The summed E-state index contributed by atoms with van der Waals surface area (Å²) in [5.41, 5.74) is -0.185. The summed E-state index contributed by atoms with van der Waals surface area (Å²) in [5.74, 6) is -0.177. The van der Waals surface area contributed by atoms with Crippen LogP contribution >= 0.6 is 0 Å². The molecule has 0 radical (unpaired) electrons. The highest BCUT2D eigenvalue weighted by molar-refractivity contribution is 5.90. The summed E-state index contributed by atoms with van der Waals surface area (Å²) in [6.07, 6.45) is 1.01. The van der Waals surface area contributed by atoms with Gasteiger partial charge in [-0.2, -0.15) is 0 Å². The van der Waals surface area contributed by atoms with Gasteiger partial charge in [0.1, 0.15) is 5.75 Å². The summed E-state index contributed by atoms with van der Waals surface area (Å²) in [6, 6.07) is 6.78. The minimum absolute atomic E-state index is 0.245. The highest BCUT2D eigenvalue weighted by Crippen LogP contribution is 2.34. The number of carboxylic acid groups (broad SMARTS) is 1. The lowest BCUT2D eigenvalue weighted by Crippen LogP contribution is -2.38. The average Bonchev–Trinajstić information content (AvgIpc) is 2.93. The number of hydrogen-bond acceptors (Lipinski definition) is 3. The molecule has 2 rings (SSSR count). The van der Waals surface area contributed by atoms with Gasteiger partial charge >= 0.3 is 12.0 Å². The zero-order valence-corrected chi connectivity index (χ0v) is 12.3. The Morgan fingerprint density at radius 2 is 2.24 bits per heavy atom. The van der Waals surface area contributed by atoms with E-state index in [1.165, 1.54) is 0 Å². The Morgan fingerprint density at radius 1 is 1.48 bits per heavy atom. The molecule has 1 aliphatic heterocycles. The fourth-order valence-electron chi connectivity index (χ4n) is 2.56. The molecular weight excluding hydrogens is 272 g/mol. The number of urea groups is 1. The molecule has 1 aliphatic rings. The first-order valence-corrected chi connectivity index (χ1v) is 6.94. The second-order valence-electron chi connectivity index (χ2n) is 5.27. The lowest BCUT2D eigenvalue weighted by molar-refractivity contribution is -0.148. The Bertz CT molecular complexity index is 546. The number of ether oxygens (including phenoxy) is 1. The number of amides is 2. The highest BCUT2D eigenvalue weighted by Gasteiger charge is 2.44. The van der Waals surface area contributed by atoms with Crippen LogP contribution in [0.4, 0.5) is 10.5 Å². The quantitative estimate of drug-likeness (QED) is 0.893. The van der Waals surface area contributed by atoms with E-state index >= 15 is 0 Å². The molecule has 114 valence electrons. The molecule has 1 heterocycles. The van der Waals surface area contributed by atoms with E-state index in [9.17, 15) is 14.7 Å². The van der Waals surface area contributed by atoms with Crippen LogP contribution in [0.5, 0.6) is 5.75 Å². The van der Waals surface area contributed by atoms with Gasteiger partial charge in [-0.25, -0.2) is 4.79 Å². The molecule has 1 atom stereocenters. The summed E-state index contributed by atoms with van der Waals surface area (Å²) in [6.45, 7) is 2.54. The second-order valence-corrected chi connectivity index (χ2v) is 5.27. The van der Waals surface area contributed by atoms with Gasteiger partial charge < -0.3 is 20.1 Å². The van der Waals surface area contributed by atoms with E-state index in [1.54, 1.807) is 36.3 Å². The topological polar surface area (TPSA) is 78.9 Å². The van der Waals surface area contributed by atoms with E-state index in [4.69, 9.17) is 4.74 Å². The van der Waals surface area contributed by atoms with Gasteiger partial charge in [-0.05, 0) is 25.0 Å². The molecule has 0 spiro atoms. The Kier molecular flexibility index (Phi) is 4.35. The van der Waals surface area contributed by atoms with Gasteiger partial charge in [-0.15, -0.1) is 0 Å².